The van der Waals surface area contributed by atoms with E-state index < -0.39 is 64.0 Å². The number of hydrogen-bond donors (Lipinski definition) is 4. The summed E-state index contributed by atoms with van der Waals surface area (Å²) in [6, 6.07) is -3.27. The van der Waals surface area contributed by atoms with Gasteiger partial charge in [0, 0.05) is 13.0 Å². The zero-order chi connectivity index (χ0) is 34.0. The molecule has 1 spiro atoms. The molecule has 0 bridgehead atoms. The smallest absolute Gasteiger partial charge is 0.267 e. The van der Waals surface area contributed by atoms with Crippen LogP contribution in [0.5, 0.6) is 0 Å². The second-order valence-corrected chi connectivity index (χ2v) is 16.1. The summed E-state index contributed by atoms with van der Waals surface area (Å²) < 4.78 is -0.628. The van der Waals surface area contributed by atoms with E-state index in [4.69, 9.17) is 5.73 Å². The van der Waals surface area contributed by atoms with Gasteiger partial charge in [0.15, 0.2) is 5.78 Å². The molecule has 1 aliphatic carbocycles. The molecule has 0 aromatic rings. The van der Waals surface area contributed by atoms with E-state index in [2.05, 4.69) is 16.0 Å². The highest BCUT2D eigenvalue weighted by Crippen LogP contribution is 2.55. The third-order valence-corrected chi connectivity index (χ3v) is 12.3. The van der Waals surface area contributed by atoms with Crippen LogP contribution in [0.3, 0.4) is 0 Å². The maximum atomic E-state index is 14.2. The van der Waals surface area contributed by atoms with Crippen molar-refractivity contribution in [3.8, 4) is 0 Å². The van der Waals surface area contributed by atoms with Gasteiger partial charge in [0.25, 0.3) is 5.78 Å². The number of carbonyl (C=O) groups is 7. The van der Waals surface area contributed by atoms with Crippen LogP contribution in [0.2, 0.25) is 0 Å². The third kappa shape index (κ3) is 9.86. The van der Waals surface area contributed by atoms with Gasteiger partial charge in [-0.3, -0.25) is 38.5 Å². The number of amides is 3. The Bertz CT molecular complexity index is 1150. The zero-order valence-electron chi connectivity index (χ0n) is 27.6. The lowest BCUT2D eigenvalue weighted by Gasteiger charge is -2.42. The number of nitrogens with two attached hydrogens (primary N) is 1. The molecule has 2 saturated heterocycles. The molecule has 3 fully saturated rings. The molecule has 3 rings (SSSR count). The van der Waals surface area contributed by atoms with Crippen molar-refractivity contribution in [3.63, 3.8) is 0 Å². The van der Waals surface area contributed by atoms with Gasteiger partial charge in [0.05, 0.1) is 35.3 Å². The van der Waals surface area contributed by atoms with Crippen LogP contribution < -0.4 is 21.7 Å². The molecule has 2 unspecified atom stereocenters. The Labute approximate surface area is 280 Å². The largest absolute Gasteiger partial charge is 0.347 e. The second-order valence-electron chi connectivity index (χ2n) is 13.0. The van der Waals surface area contributed by atoms with Gasteiger partial charge in [-0.1, -0.05) is 46.5 Å². The van der Waals surface area contributed by atoms with Crippen LogP contribution in [0.1, 0.15) is 91.9 Å². The number of rotatable bonds is 16. The Balaban J connectivity index is 1.83. The minimum atomic E-state index is -1.22. The lowest BCUT2D eigenvalue weighted by atomic mass is 9.92. The van der Waals surface area contributed by atoms with E-state index in [1.807, 2.05) is 25.7 Å². The first-order chi connectivity index (χ1) is 21.8. The zero-order valence-corrected chi connectivity index (χ0v) is 29.2. The molecule has 12 nitrogen and oxygen atoms in total. The maximum absolute atomic E-state index is 14.2. The quantitative estimate of drug-likeness (QED) is 0.137. The van der Waals surface area contributed by atoms with Crippen molar-refractivity contribution in [3.05, 3.63) is 0 Å². The van der Waals surface area contributed by atoms with Crippen LogP contribution in [0.25, 0.3) is 0 Å². The van der Waals surface area contributed by atoms with Crippen molar-refractivity contribution in [1.29, 1.82) is 0 Å². The molecule has 3 aliphatic rings. The third-order valence-electron chi connectivity index (χ3n) is 8.81. The fraction of sp³-hybridized carbons (Fsp3) is 0.781. The van der Waals surface area contributed by atoms with E-state index in [1.165, 1.54) is 6.92 Å². The minimum Gasteiger partial charge on any atom is -0.347 e. The topological polar surface area (TPSA) is 185 Å². The normalized spacial score (nSPS) is 23.0. The molecule has 2 heterocycles. The van der Waals surface area contributed by atoms with Gasteiger partial charge in [-0.25, -0.2) is 0 Å². The van der Waals surface area contributed by atoms with Crippen molar-refractivity contribution >= 4 is 64.4 Å². The number of ketones is 4. The van der Waals surface area contributed by atoms with Gasteiger partial charge in [-0.15, -0.1) is 23.5 Å². The van der Waals surface area contributed by atoms with Crippen LogP contribution in [0.15, 0.2) is 0 Å². The average Bonchev–Trinajstić information content (AvgIpc) is 3.35. The Morgan fingerprint density at radius 3 is 2.17 bits per heavy atom. The monoisotopic (exact) mass is 681 g/mol. The minimum absolute atomic E-state index is 0.0457. The number of nitrogens with zero attached hydrogens (tertiary/aromatic N) is 1. The summed E-state index contributed by atoms with van der Waals surface area (Å²) in [4.78, 5) is 92.3. The summed E-state index contributed by atoms with van der Waals surface area (Å²) in [5, 5.41) is 8.05. The highest BCUT2D eigenvalue weighted by Gasteiger charge is 2.60. The Morgan fingerprint density at radius 1 is 0.935 bits per heavy atom. The molecule has 1 saturated carbocycles. The van der Waals surface area contributed by atoms with Gasteiger partial charge >= 0.3 is 0 Å². The van der Waals surface area contributed by atoms with E-state index in [0.29, 0.717) is 19.3 Å². The Hall–Kier alpha value is -2.29. The van der Waals surface area contributed by atoms with E-state index in [-0.39, 0.29) is 36.6 Å². The van der Waals surface area contributed by atoms with Crippen molar-refractivity contribution in [1.82, 2.24) is 20.9 Å². The second kappa shape index (κ2) is 17.7. The summed E-state index contributed by atoms with van der Waals surface area (Å²) in [5.74, 6) is -2.84. The molecular weight excluding hydrogens is 631 g/mol. The fourth-order valence-corrected chi connectivity index (χ4v) is 10.4. The first kappa shape index (κ1) is 38.2. The molecule has 0 aromatic heterocycles. The van der Waals surface area contributed by atoms with Crippen molar-refractivity contribution in [2.24, 2.45) is 11.7 Å². The first-order valence-corrected chi connectivity index (χ1v) is 18.6. The Morgan fingerprint density at radius 2 is 1.59 bits per heavy atom. The van der Waals surface area contributed by atoms with E-state index in [0.717, 1.165) is 50.0 Å². The van der Waals surface area contributed by atoms with Crippen LogP contribution in [0, 0.1) is 5.92 Å². The standard InChI is InChI=1S/C32H51N5O7S2/c1-5-10-22(33)27(41)28(42)25(39)17-35-31(44)24-16-32(45-13-9-14-46-32)29(37(24)21-11-7-6-8-12-21)26(40)18-34-30(43)23(15-19(2)3)36-20(4)38/h19,21-24,29H,5-18,33H2,1-4H3,(H,34,43)(H,35,44)(H,36,38)/t22-,23-,24?,29?/m0/s1. The average molecular weight is 682 g/mol. The summed E-state index contributed by atoms with van der Waals surface area (Å²) in [6.07, 6.45) is 7.22. The molecule has 0 radical (unpaired) electrons. The summed E-state index contributed by atoms with van der Waals surface area (Å²) in [5.41, 5.74) is 5.75. The predicted molar refractivity (Wildman–Crippen MR) is 179 cm³/mol. The molecular formula is C32H51N5O7S2. The van der Waals surface area contributed by atoms with Crippen LogP contribution >= 0.6 is 23.5 Å². The lowest BCUT2D eigenvalue weighted by molar-refractivity contribution is -0.144. The number of carbonyl (C=O) groups excluding carboxylic acids is 7. The Kier molecular flexibility index (Phi) is 14.7. The van der Waals surface area contributed by atoms with Gasteiger partial charge in [0.2, 0.25) is 29.3 Å². The van der Waals surface area contributed by atoms with Gasteiger partial charge in [0.1, 0.15) is 6.04 Å². The lowest BCUT2D eigenvalue weighted by Crippen LogP contribution is -2.58. The molecule has 4 atom stereocenters. The number of hydrogen-bond acceptors (Lipinski definition) is 11. The van der Waals surface area contributed by atoms with Crippen molar-refractivity contribution in [2.75, 3.05) is 24.6 Å². The van der Waals surface area contributed by atoms with Gasteiger partial charge < -0.3 is 21.7 Å². The molecule has 0 aromatic carbocycles. The number of thioether (sulfide) groups is 2. The number of nitrogens with one attached hydrogen (secondary N) is 3. The molecule has 3 amide bonds. The van der Waals surface area contributed by atoms with Gasteiger partial charge in [-0.05, 0) is 55.9 Å². The highest BCUT2D eigenvalue weighted by atomic mass is 32.2. The van der Waals surface area contributed by atoms with Crippen LogP contribution in [-0.2, 0) is 33.6 Å². The summed E-state index contributed by atoms with van der Waals surface area (Å²) in [6.45, 7) is 6.19. The van der Waals surface area contributed by atoms with Crippen LogP contribution in [0.4, 0.5) is 0 Å². The first-order valence-electron chi connectivity index (χ1n) is 16.6. The summed E-state index contributed by atoms with van der Waals surface area (Å²) in [7, 11) is 0. The number of likely N-dealkylation sites (tertiary alicyclic amines) is 1. The van der Waals surface area contributed by atoms with Crippen molar-refractivity contribution < 1.29 is 33.6 Å². The predicted octanol–water partition coefficient (Wildman–Crippen LogP) is 1.52. The van der Waals surface area contributed by atoms with Crippen molar-refractivity contribution in [2.45, 2.75) is 126 Å². The molecule has 2 aliphatic heterocycles. The summed E-state index contributed by atoms with van der Waals surface area (Å²) >= 11 is 3.34. The molecule has 46 heavy (non-hydrogen) atoms. The maximum Gasteiger partial charge on any atom is 0.267 e. The van der Waals surface area contributed by atoms with E-state index >= 15 is 0 Å². The van der Waals surface area contributed by atoms with Crippen LogP contribution in [-0.4, -0.2) is 105 Å². The molecule has 5 N–H and O–H groups in total. The SMILES string of the molecule is CCC[C@H](N)C(=O)C(=O)C(=O)CNC(=O)C1CC2(SCCCS2)C(C(=O)CNC(=O)[C@H](CC(C)C)NC(C)=O)N1C1CCCCC1. The molecule has 14 heteroatoms. The molecule has 258 valence electrons. The van der Waals surface area contributed by atoms with Gasteiger partial charge in [-0.2, -0.15) is 0 Å². The fourth-order valence-electron chi connectivity index (χ4n) is 6.70. The number of Topliss-reactive ketones (excluding diaryl/α,β-unsaturated/α-hetero) is 4. The van der Waals surface area contributed by atoms with E-state index in [1.54, 1.807) is 23.5 Å². The van der Waals surface area contributed by atoms with E-state index in [9.17, 15) is 33.6 Å². The highest BCUT2D eigenvalue weighted by molar-refractivity contribution is 8.19.